The van der Waals surface area contributed by atoms with E-state index in [0.29, 0.717) is 23.4 Å². The molecule has 8 heteroatoms. The van der Waals surface area contributed by atoms with Crippen LogP contribution in [0.2, 0.25) is 0 Å². The number of hydrogen-bond donors (Lipinski definition) is 1. The molecular weight excluding hydrogens is 350 g/mol. The van der Waals surface area contributed by atoms with Gasteiger partial charge in [-0.05, 0) is 12.0 Å². The fourth-order valence-corrected chi connectivity index (χ4v) is 2.81. The standard InChI is InChI=1S/C19H15N3O5/c1-2-11-8-14(23)27-18-15(11)17(24)21-19(22-18)25-9-13-16(26-10-20-13)12-6-4-3-5-7-12/h3-8,10H,2,9H2,1H3,(H,21,22,24). The topological polar surface area (TPSA) is 111 Å². The number of H-pyrrole nitrogens is 1. The van der Waals surface area contributed by atoms with Crippen molar-refractivity contribution < 1.29 is 13.6 Å². The van der Waals surface area contributed by atoms with Crippen molar-refractivity contribution >= 4 is 11.1 Å². The third-order valence-electron chi connectivity index (χ3n) is 4.08. The molecule has 8 nitrogen and oxygen atoms in total. The molecule has 0 bridgehead atoms. The number of nitrogens with one attached hydrogen (secondary N) is 1. The Morgan fingerprint density at radius 2 is 2.00 bits per heavy atom. The molecule has 0 fully saturated rings. The lowest BCUT2D eigenvalue weighted by Gasteiger charge is -2.06. The van der Waals surface area contributed by atoms with Crippen molar-refractivity contribution in [2.24, 2.45) is 0 Å². The van der Waals surface area contributed by atoms with Gasteiger partial charge in [0.05, 0.1) is 0 Å². The van der Waals surface area contributed by atoms with Crippen LogP contribution in [0.5, 0.6) is 6.01 Å². The minimum atomic E-state index is -0.564. The lowest BCUT2D eigenvalue weighted by molar-refractivity contribution is 0.276. The zero-order chi connectivity index (χ0) is 18.8. The van der Waals surface area contributed by atoms with Crippen LogP contribution >= 0.6 is 0 Å². The van der Waals surface area contributed by atoms with Crippen LogP contribution < -0.4 is 15.9 Å². The molecule has 0 saturated heterocycles. The number of aryl methyl sites for hydroxylation is 1. The molecule has 4 aromatic rings. The number of benzene rings is 1. The predicted molar refractivity (Wildman–Crippen MR) is 96.5 cm³/mol. The highest BCUT2D eigenvalue weighted by atomic mass is 16.5. The van der Waals surface area contributed by atoms with Crippen molar-refractivity contribution in [3.05, 3.63) is 74.8 Å². The highest BCUT2D eigenvalue weighted by Crippen LogP contribution is 2.23. The third-order valence-corrected chi connectivity index (χ3v) is 4.08. The molecule has 1 N–H and O–H groups in total. The fraction of sp³-hybridized carbons (Fsp3) is 0.158. The first-order valence-electron chi connectivity index (χ1n) is 8.33. The Labute approximate surface area is 152 Å². The van der Waals surface area contributed by atoms with Gasteiger partial charge in [0.1, 0.15) is 17.7 Å². The van der Waals surface area contributed by atoms with Gasteiger partial charge in [0, 0.05) is 11.6 Å². The van der Waals surface area contributed by atoms with Crippen LogP contribution in [0.1, 0.15) is 18.2 Å². The Balaban J connectivity index is 1.65. The molecule has 27 heavy (non-hydrogen) atoms. The number of rotatable bonds is 5. The number of nitrogens with zero attached hydrogens (tertiary/aromatic N) is 2. The van der Waals surface area contributed by atoms with Gasteiger partial charge in [0.15, 0.2) is 12.2 Å². The fourth-order valence-electron chi connectivity index (χ4n) is 2.81. The van der Waals surface area contributed by atoms with Crippen LogP contribution in [0.15, 0.2) is 61.2 Å². The maximum Gasteiger partial charge on any atom is 0.337 e. The minimum absolute atomic E-state index is 0.0207. The lowest BCUT2D eigenvalue weighted by atomic mass is 10.1. The van der Waals surface area contributed by atoms with Crippen LogP contribution in [0, 0.1) is 0 Å². The number of ether oxygens (including phenoxy) is 1. The van der Waals surface area contributed by atoms with Gasteiger partial charge in [0.2, 0.25) is 5.71 Å². The number of fused-ring (bicyclic) bond motifs is 1. The van der Waals surface area contributed by atoms with Crippen LogP contribution in [-0.2, 0) is 13.0 Å². The Morgan fingerprint density at radius 1 is 1.19 bits per heavy atom. The van der Waals surface area contributed by atoms with Crippen molar-refractivity contribution in [3.8, 4) is 17.3 Å². The van der Waals surface area contributed by atoms with Crippen molar-refractivity contribution in [3.63, 3.8) is 0 Å². The molecule has 0 unspecified atom stereocenters. The molecule has 0 aliphatic carbocycles. The molecular formula is C19H15N3O5. The van der Waals surface area contributed by atoms with Crippen molar-refractivity contribution in [1.82, 2.24) is 15.0 Å². The van der Waals surface area contributed by atoms with Crippen molar-refractivity contribution in [2.75, 3.05) is 0 Å². The van der Waals surface area contributed by atoms with Gasteiger partial charge in [-0.3, -0.25) is 9.78 Å². The Bertz CT molecular complexity index is 1210. The summed E-state index contributed by atoms with van der Waals surface area (Å²) in [5, 5.41) is 0.246. The van der Waals surface area contributed by atoms with Gasteiger partial charge in [0.25, 0.3) is 11.6 Å². The van der Waals surface area contributed by atoms with Crippen molar-refractivity contribution in [2.45, 2.75) is 20.0 Å². The number of aromatic amines is 1. The number of hydrogen-bond acceptors (Lipinski definition) is 7. The Hall–Kier alpha value is -3.68. The van der Waals surface area contributed by atoms with Crippen LogP contribution in [0.3, 0.4) is 0 Å². The summed E-state index contributed by atoms with van der Waals surface area (Å²) < 4.78 is 16.1. The normalized spacial score (nSPS) is 11.0. The monoisotopic (exact) mass is 365 g/mol. The van der Waals surface area contributed by atoms with E-state index >= 15 is 0 Å². The van der Waals surface area contributed by atoms with E-state index in [9.17, 15) is 9.59 Å². The highest BCUT2D eigenvalue weighted by molar-refractivity contribution is 5.75. The molecule has 0 spiro atoms. The molecule has 0 atom stereocenters. The highest BCUT2D eigenvalue weighted by Gasteiger charge is 2.15. The molecule has 3 heterocycles. The summed E-state index contributed by atoms with van der Waals surface area (Å²) in [5.41, 5.74) is 0.927. The van der Waals surface area contributed by atoms with Crippen LogP contribution in [-0.4, -0.2) is 15.0 Å². The summed E-state index contributed by atoms with van der Waals surface area (Å²) in [6, 6.07) is 10.7. The van der Waals surface area contributed by atoms with Gasteiger partial charge in [-0.15, -0.1) is 0 Å². The second kappa shape index (κ2) is 6.91. The SMILES string of the molecule is CCc1cc(=O)oc2nc(OCc3ncoc3-c3ccccc3)[nH]c(=O)c12. The van der Waals surface area contributed by atoms with E-state index in [4.69, 9.17) is 13.6 Å². The van der Waals surface area contributed by atoms with E-state index < -0.39 is 11.2 Å². The minimum Gasteiger partial charge on any atom is -0.458 e. The van der Waals surface area contributed by atoms with Gasteiger partial charge < -0.3 is 13.6 Å². The quantitative estimate of drug-likeness (QED) is 0.579. The van der Waals surface area contributed by atoms with E-state index in [0.717, 1.165) is 5.56 Å². The summed E-state index contributed by atoms with van der Waals surface area (Å²) in [5.74, 6) is 0.568. The summed E-state index contributed by atoms with van der Waals surface area (Å²) in [7, 11) is 0. The largest absolute Gasteiger partial charge is 0.458 e. The first kappa shape index (κ1) is 16.8. The summed E-state index contributed by atoms with van der Waals surface area (Å²) in [6.07, 6.45) is 1.83. The lowest BCUT2D eigenvalue weighted by Crippen LogP contribution is -2.15. The molecule has 0 aliphatic heterocycles. The zero-order valence-corrected chi connectivity index (χ0v) is 14.4. The molecule has 0 saturated carbocycles. The van der Waals surface area contributed by atoms with Crippen molar-refractivity contribution in [1.29, 1.82) is 0 Å². The summed E-state index contributed by atoms with van der Waals surface area (Å²) >= 11 is 0. The van der Waals surface area contributed by atoms with Crippen LogP contribution in [0.25, 0.3) is 22.4 Å². The van der Waals surface area contributed by atoms with Gasteiger partial charge in [-0.1, -0.05) is 37.3 Å². The van der Waals surface area contributed by atoms with E-state index in [2.05, 4.69) is 15.0 Å². The first-order chi connectivity index (χ1) is 13.2. The number of oxazole rings is 1. The molecule has 4 rings (SSSR count). The third kappa shape index (κ3) is 3.24. The maximum atomic E-state index is 12.4. The predicted octanol–water partition coefficient (Wildman–Crippen LogP) is 2.67. The van der Waals surface area contributed by atoms with Gasteiger partial charge >= 0.3 is 5.63 Å². The molecule has 0 amide bonds. The first-order valence-corrected chi connectivity index (χ1v) is 8.33. The summed E-state index contributed by atoms with van der Waals surface area (Å²) in [6.45, 7) is 1.86. The van der Waals surface area contributed by atoms with Gasteiger partial charge in [-0.25, -0.2) is 9.78 Å². The average molecular weight is 365 g/mol. The maximum absolute atomic E-state index is 12.4. The Morgan fingerprint density at radius 3 is 2.78 bits per heavy atom. The molecule has 0 radical (unpaired) electrons. The second-order valence-electron chi connectivity index (χ2n) is 5.78. The van der Waals surface area contributed by atoms with Crippen LogP contribution in [0.4, 0.5) is 0 Å². The van der Waals surface area contributed by atoms with E-state index in [1.54, 1.807) is 0 Å². The van der Waals surface area contributed by atoms with E-state index in [1.807, 2.05) is 37.3 Å². The molecule has 3 aromatic heterocycles. The zero-order valence-electron chi connectivity index (χ0n) is 14.4. The van der Waals surface area contributed by atoms with E-state index in [-0.39, 0.29) is 23.7 Å². The summed E-state index contributed by atoms with van der Waals surface area (Å²) in [4.78, 5) is 34.8. The van der Waals surface area contributed by atoms with E-state index in [1.165, 1.54) is 12.5 Å². The smallest absolute Gasteiger partial charge is 0.337 e. The van der Waals surface area contributed by atoms with Gasteiger partial charge in [-0.2, -0.15) is 4.98 Å². The molecule has 0 aliphatic rings. The second-order valence-corrected chi connectivity index (χ2v) is 5.78. The molecule has 1 aromatic carbocycles. The Kier molecular flexibility index (Phi) is 4.29. The molecule has 136 valence electrons. The average Bonchev–Trinajstić information content (AvgIpc) is 3.14. The number of aromatic nitrogens is 3.